The highest BCUT2D eigenvalue weighted by molar-refractivity contribution is 5.20. The zero-order valence-corrected chi connectivity index (χ0v) is 10.3. The topological polar surface area (TPSA) is 52.5 Å². The van der Waals surface area contributed by atoms with E-state index < -0.39 is 5.41 Å². The summed E-state index contributed by atoms with van der Waals surface area (Å²) in [4.78, 5) is 0. The lowest BCUT2D eigenvalue weighted by Gasteiger charge is -2.27. The van der Waals surface area contributed by atoms with Crippen LogP contribution in [0.15, 0.2) is 24.3 Å². The summed E-state index contributed by atoms with van der Waals surface area (Å²) in [6, 6.07) is 6.42. The number of benzene rings is 1. The van der Waals surface area contributed by atoms with Crippen LogP contribution in [-0.2, 0) is 0 Å². The smallest absolute Gasteiger partial charge is 0.127 e. The van der Waals surface area contributed by atoms with Gasteiger partial charge in [0.15, 0.2) is 0 Å². The molecule has 0 saturated carbocycles. The summed E-state index contributed by atoms with van der Waals surface area (Å²) >= 11 is 0. The highest BCUT2D eigenvalue weighted by Gasteiger charge is 2.23. The largest absolute Gasteiger partial charge is 0.396 e. The molecular formula is C13H20FNO2. The Labute approximate surface area is 101 Å². The third kappa shape index (κ3) is 3.77. The van der Waals surface area contributed by atoms with E-state index in [-0.39, 0.29) is 25.1 Å². The van der Waals surface area contributed by atoms with Gasteiger partial charge in [0.2, 0.25) is 0 Å². The SMILES string of the molecule is C[C@@H](NCC(C)(CO)CO)c1ccccc1F. The van der Waals surface area contributed by atoms with Gasteiger partial charge in [0.25, 0.3) is 0 Å². The molecule has 0 amide bonds. The molecule has 3 N–H and O–H groups in total. The molecule has 1 aromatic rings. The predicted molar refractivity (Wildman–Crippen MR) is 65.1 cm³/mol. The van der Waals surface area contributed by atoms with Crippen LogP contribution in [-0.4, -0.2) is 30.0 Å². The first kappa shape index (κ1) is 14.1. The molecule has 0 aliphatic carbocycles. The van der Waals surface area contributed by atoms with Crippen LogP contribution >= 0.6 is 0 Å². The fraction of sp³-hybridized carbons (Fsp3) is 0.538. The zero-order valence-electron chi connectivity index (χ0n) is 10.3. The van der Waals surface area contributed by atoms with Gasteiger partial charge in [0, 0.05) is 23.6 Å². The molecule has 0 unspecified atom stereocenters. The zero-order chi connectivity index (χ0) is 12.9. The van der Waals surface area contributed by atoms with Crippen molar-refractivity contribution in [3.63, 3.8) is 0 Å². The van der Waals surface area contributed by atoms with Gasteiger partial charge >= 0.3 is 0 Å². The standard InChI is InChI=1S/C13H20FNO2/c1-10(11-5-3-4-6-12(11)14)15-7-13(2,8-16)9-17/h3-6,10,15-17H,7-9H2,1-2H3/t10-/m1/s1. The molecule has 0 radical (unpaired) electrons. The fourth-order valence-corrected chi connectivity index (χ4v) is 1.50. The summed E-state index contributed by atoms with van der Waals surface area (Å²) in [7, 11) is 0. The molecule has 3 nitrogen and oxygen atoms in total. The summed E-state index contributed by atoms with van der Waals surface area (Å²) in [6.07, 6.45) is 0. The summed E-state index contributed by atoms with van der Waals surface area (Å²) in [5.74, 6) is -0.248. The van der Waals surface area contributed by atoms with Crippen LogP contribution in [0, 0.1) is 11.2 Å². The normalized spacial score (nSPS) is 13.7. The van der Waals surface area contributed by atoms with Crippen molar-refractivity contribution in [2.24, 2.45) is 5.41 Å². The van der Waals surface area contributed by atoms with Crippen LogP contribution in [0.4, 0.5) is 4.39 Å². The second-order valence-corrected chi connectivity index (χ2v) is 4.75. The van der Waals surface area contributed by atoms with E-state index in [1.54, 1.807) is 25.1 Å². The lowest BCUT2D eigenvalue weighted by atomic mass is 9.92. The molecule has 1 atom stereocenters. The summed E-state index contributed by atoms with van der Waals surface area (Å²) < 4.78 is 13.5. The van der Waals surface area contributed by atoms with Crippen molar-refractivity contribution in [3.05, 3.63) is 35.6 Å². The maximum Gasteiger partial charge on any atom is 0.127 e. The second-order valence-electron chi connectivity index (χ2n) is 4.75. The Hall–Kier alpha value is -0.970. The highest BCUT2D eigenvalue weighted by atomic mass is 19.1. The van der Waals surface area contributed by atoms with Crippen molar-refractivity contribution in [3.8, 4) is 0 Å². The van der Waals surface area contributed by atoms with Crippen LogP contribution in [0.25, 0.3) is 0 Å². The molecule has 4 heteroatoms. The molecule has 0 saturated heterocycles. The van der Waals surface area contributed by atoms with Crippen molar-refractivity contribution in [1.29, 1.82) is 0 Å². The van der Waals surface area contributed by atoms with Crippen molar-refractivity contribution in [1.82, 2.24) is 5.32 Å². The number of aliphatic hydroxyl groups excluding tert-OH is 2. The Morgan fingerprint density at radius 2 is 1.88 bits per heavy atom. The minimum absolute atomic E-state index is 0.111. The van der Waals surface area contributed by atoms with Crippen molar-refractivity contribution < 1.29 is 14.6 Å². The number of rotatable bonds is 6. The van der Waals surface area contributed by atoms with E-state index in [2.05, 4.69) is 5.32 Å². The molecule has 96 valence electrons. The third-order valence-electron chi connectivity index (χ3n) is 2.97. The van der Waals surface area contributed by atoms with Gasteiger partial charge in [-0.15, -0.1) is 0 Å². The van der Waals surface area contributed by atoms with Gasteiger partial charge in [-0.05, 0) is 13.0 Å². The van der Waals surface area contributed by atoms with E-state index in [4.69, 9.17) is 10.2 Å². The van der Waals surface area contributed by atoms with Gasteiger partial charge in [-0.25, -0.2) is 4.39 Å². The number of hydrogen-bond donors (Lipinski definition) is 3. The van der Waals surface area contributed by atoms with Crippen LogP contribution in [0.3, 0.4) is 0 Å². The Kier molecular flexibility index (Phi) is 5.05. The maximum absolute atomic E-state index is 13.5. The van der Waals surface area contributed by atoms with E-state index in [0.29, 0.717) is 12.1 Å². The van der Waals surface area contributed by atoms with E-state index >= 15 is 0 Å². The first-order chi connectivity index (χ1) is 8.02. The van der Waals surface area contributed by atoms with Gasteiger partial charge in [-0.2, -0.15) is 0 Å². The summed E-state index contributed by atoms with van der Waals surface area (Å²) in [5.41, 5.74) is 0.00483. The number of aliphatic hydroxyl groups is 2. The molecule has 0 aliphatic rings. The summed E-state index contributed by atoms with van der Waals surface area (Å²) in [5, 5.41) is 21.4. The average Bonchev–Trinajstić information content (AvgIpc) is 2.36. The Morgan fingerprint density at radius 1 is 1.29 bits per heavy atom. The number of halogens is 1. The van der Waals surface area contributed by atoms with Crippen LogP contribution in [0.1, 0.15) is 25.5 Å². The van der Waals surface area contributed by atoms with Gasteiger partial charge in [0.05, 0.1) is 13.2 Å². The lowest BCUT2D eigenvalue weighted by Crippen LogP contribution is -2.39. The maximum atomic E-state index is 13.5. The molecule has 0 bridgehead atoms. The lowest BCUT2D eigenvalue weighted by molar-refractivity contribution is 0.0676. The van der Waals surface area contributed by atoms with Crippen molar-refractivity contribution in [2.75, 3.05) is 19.8 Å². The Balaban J connectivity index is 2.62. The molecule has 0 heterocycles. The molecule has 1 rings (SSSR count). The van der Waals surface area contributed by atoms with E-state index in [1.807, 2.05) is 6.92 Å². The first-order valence-corrected chi connectivity index (χ1v) is 5.72. The minimum atomic E-state index is -0.584. The van der Waals surface area contributed by atoms with E-state index in [0.717, 1.165) is 0 Å². The average molecular weight is 241 g/mol. The van der Waals surface area contributed by atoms with Crippen LogP contribution < -0.4 is 5.32 Å². The van der Waals surface area contributed by atoms with Crippen molar-refractivity contribution >= 4 is 0 Å². The van der Waals surface area contributed by atoms with Crippen molar-refractivity contribution in [2.45, 2.75) is 19.9 Å². The number of hydrogen-bond acceptors (Lipinski definition) is 3. The molecule has 0 fully saturated rings. The number of nitrogens with one attached hydrogen (secondary N) is 1. The van der Waals surface area contributed by atoms with E-state index in [9.17, 15) is 4.39 Å². The minimum Gasteiger partial charge on any atom is -0.396 e. The van der Waals surface area contributed by atoms with E-state index in [1.165, 1.54) is 6.07 Å². The van der Waals surface area contributed by atoms with Gasteiger partial charge in [-0.3, -0.25) is 0 Å². The van der Waals surface area contributed by atoms with Gasteiger partial charge in [0.1, 0.15) is 5.82 Å². The highest BCUT2D eigenvalue weighted by Crippen LogP contribution is 2.19. The van der Waals surface area contributed by atoms with Gasteiger partial charge in [-0.1, -0.05) is 25.1 Å². The molecule has 0 aliphatic heterocycles. The molecule has 17 heavy (non-hydrogen) atoms. The van der Waals surface area contributed by atoms with Gasteiger partial charge < -0.3 is 15.5 Å². The Bertz CT molecular complexity index is 353. The van der Waals surface area contributed by atoms with Crippen LogP contribution in [0.5, 0.6) is 0 Å². The molecule has 0 spiro atoms. The Morgan fingerprint density at radius 3 is 2.41 bits per heavy atom. The predicted octanol–water partition coefficient (Wildman–Crippen LogP) is 1.47. The fourth-order valence-electron chi connectivity index (χ4n) is 1.50. The first-order valence-electron chi connectivity index (χ1n) is 5.72. The molecule has 0 aromatic heterocycles. The summed E-state index contributed by atoms with van der Waals surface area (Å²) in [6.45, 7) is 3.83. The third-order valence-corrected chi connectivity index (χ3v) is 2.97. The molecule has 1 aromatic carbocycles. The second kappa shape index (κ2) is 6.10. The van der Waals surface area contributed by atoms with Crippen LogP contribution in [0.2, 0.25) is 0 Å². The molecular weight excluding hydrogens is 221 g/mol. The quantitative estimate of drug-likeness (QED) is 0.707. The monoisotopic (exact) mass is 241 g/mol.